The van der Waals surface area contributed by atoms with Crippen LogP contribution < -0.4 is 5.32 Å². The molecule has 0 heterocycles. The summed E-state index contributed by atoms with van der Waals surface area (Å²) >= 11 is 6.44. The second kappa shape index (κ2) is 7.81. The maximum Gasteiger partial charge on any atom is 0.144 e. The van der Waals surface area contributed by atoms with E-state index in [1.54, 1.807) is 18.2 Å². The van der Waals surface area contributed by atoms with Crippen LogP contribution in [0.25, 0.3) is 0 Å². The molecule has 0 amide bonds. The number of rotatable bonds is 5. The molecule has 0 radical (unpaired) electrons. The lowest BCUT2D eigenvalue weighted by atomic mass is 9.95. The third kappa shape index (κ3) is 3.58. The number of anilines is 2. The molecule has 3 rings (SSSR count). The summed E-state index contributed by atoms with van der Waals surface area (Å²) in [6.07, 6.45) is 0. The molecule has 128 valence electrons. The maximum atomic E-state index is 11.5. The average molecular weight is 362 g/mol. The topological polar surface area (TPSA) is 65.2 Å². The molecule has 4 nitrogen and oxygen atoms in total. The van der Waals surface area contributed by atoms with Crippen LogP contribution in [0.2, 0.25) is 5.02 Å². The minimum absolute atomic E-state index is 0.442. The van der Waals surface area contributed by atoms with E-state index >= 15 is 0 Å². The van der Waals surface area contributed by atoms with Gasteiger partial charge >= 0.3 is 0 Å². The van der Waals surface area contributed by atoms with Gasteiger partial charge in [0.25, 0.3) is 0 Å². The van der Waals surface area contributed by atoms with Gasteiger partial charge in [-0.2, -0.15) is 5.26 Å². The highest BCUT2D eigenvalue weighted by molar-refractivity contribution is 6.31. The van der Waals surface area contributed by atoms with Crippen molar-refractivity contribution >= 4 is 23.0 Å². The quantitative estimate of drug-likeness (QED) is 0.556. The Kier molecular flexibility index (Phi) is 5.31. The van der Waals surface area contributed by atoms with Crippen LogP contribution >= 0.6 is 11.6 Å². The zero-order valence-electron chi connectivity index (χ0n) is 14.1. The van der Waals surface area contributed by atoms with Crippen LogP contribution in [0.15, 0.2) is 71.9 Å². The van der Waals surface area contributed by atoms with Crippen LogP contribution in [-0.4, -0.2) is 0 Å². The summed E-state index contributed by atoms with van der Waals surface area (Å²) < 4.78 is 0. The molecule has 0 fully saturated rings. The first-order valence-electron chi connectivity index (χ1n) is 8.07. The molecule has 1 N–H and O–H groups in total. The van der Waals surface area contributed by atoms with Gasteiger partial charge in [0.15, 0.2) is 0 Å². The average Bonchev–Trinajstić information content (AvgIpc) is 2.66. The van der Waals surface area contributed by atoms with E-state index in [0.29, 0.717) is 21.8 Å². The number of nitrogens with one attached hydrogen (secondary N) is 1. The molecule has 0 bridgehead atoms. The minimum atomic E-state index is -0.663. The van der Waals surface area contributed by atoms with Crippen LogP contribution in [-0.2, 0) is 0 Å². The highest BCUT2D eigenvalue weighted by atomic mass is 35.5. The van der Waals surface area contributed by atoms with E-state index in [4.69, 9.17) is 11.6 Å². The minimum Gasteiger partial charge on any atom is -0.354 e. The molecule has 5 heteroatoms. The highest BCUT2D eigenvalue weighted by Gasteiger charge is 2.19. The Labute approximate surface area is 157 Å². The van der Waals surface area contributed by atoms with Crippen LogP contribution in [0.5, 0.6) is 0 Å². The van der Waals surface area contributed by atoms with Crippen molar-refractivity contribution in [1.82, 2.24) is 0 Å². The van der Waals surface area contributed by atoms with Gasteiger partial charge < -0.3 is 5.32 Å². The molecular weight excluding hydrogens is 346 g/mol. The van der Waals surface area contributed by atoms with Crippen molar-refractivity contribution in [1.29, 1.82) is 5.26 Å². The van der Waals surface area contributed by atoms with Crippen LogP contribution in [0, 0.1) is 23.2 Å². The Morgan fingerprint density at radius 1 is 1.04 bits per heavy atom. The number of hydrogen-bond donors (Lipinski definition) is 1. The lowest BCUT2D eigenvalue weighted by Gasteiger charge is -2.16. The Morgan fingerprint density at radius 3 is 2.46 bits per heavy atom. The number of halogens is 1. The monoisotopic (exact) mass is 361 g/mol. The van der Waals surface area contributed by atoms with E-state index in [2.05, 4.69) is 16.6 Å². The normalized spacial score (nSPS) is 11.4. The Hall–Kier alpha value is -3.16. The third-order valence-corrected chi connectivity index (χ3v) is 4.54. The number of nitrogens with zero attached hydrogens (tertiary/aromatic N) is 2. The molecule has 0 aliphatic carbocycles. The summed E-state index contributed by atoms with van der Waals surface area (Å²) in [6, 6.07) is 21.7. The standard InChI is InChI=1S/C21H16ClN3O/c1-14-6-2-4-8-17(14)21(25-26)18-11-10-16(12-19(18)22)24-20-9-5-3-7-15(20)13-23/h2-12,21,24H,1H3. The molecule has 0 saturated carbocycles. The third-order valence-electron chi connectivity index (χ3n) is 4.21. The van der Waals surface area contributed by atoms with E-state index in [-0.39, 0.29) is 0 Å². The Morgan fingerprint density at radius 2 is 1.77 bits per heavy atom. The smallest absolute Gasteiger partial charge is 0.144 e. The predicted octanol–water partition coefficient (Wildman–Crippen LogP) is 6.12. The Bertz CT molecular complexity index is 995. The summed E-state index contributed by atoms with van der Waals surface area (Å²) in [7, 11) is 0. The van der Waals surface area contributed by atoms with E-state index in [9.17, 15) is 10.2 Å². The number of nitroso groups, excluding NO2 is 1. The molecule has 0 saturated heterocycles. The Balaban J connectivity index is 1.93. The number of hydrogen-bond acceptors (Lipinski definition) is 4. The van der Waals surface area contributed by atoms with Gasteiger partial charge in [-0.05, 0) is 42.3 Å². The van der Waals surface area contributed by atoms with Crippen LogP contribution in [0.3, 0.4) is 0 Å². The van der Waals surface area contributed by atoms with Crippen molar-refractivity contribution in [2.24, 2.45) is 5.18 Å². The first kappa shape index (κ1) is 17.7. The van der Waals surface area contributed by atoms with Gasteiger partial charge in [0.1, 0.15) is 12.1 Å². The first-order valence-corrected chi connectivity index (χ1v) is 8.45. The van der Waals surface area contributed by atoms with Crippen molar-refractivity contribution in [3.05, 3.63) is 98.9 Å². The molecular formula is C21H16ClN3O. The SMILES string of the molecule is Cc1ccccc1C(N=O)c1ccc(Nc2ccccc2C#N)cc1Cl. The zero-order valence-corrected chi connectivity index (χ0v) is 14.9. The van der Waals surface area contributed by atoms with Gasteiger partial charge in [0.05, 0.1) is 11.3 Å². The fourth-order valence-corrected chi connectivity index (χ4v) is 3.13. The predicted molar refractivity (Wildman–Crippen MR) is 105 cm³/mol. The molecule has 1 unspecified atom stereocenters. The van der Waals surface area contributed by atoms with Crippen molar-refractivity contribution in [3.63, 3.8) is 0 Å². The number of nitriles is 1. The summed E-state index contributed by atoms with van der Waals surface area (Å²) in [5, 5.41) is 16.1. The van der Waals surface area contributed by atoms with Gasteiger partial charge in [-0.1, -0.05) is 59.2 Å². The van der Waals surface area contributed by atoms with Crippen molar-refractivity contribution in [3.8, 4) is 6.07 Å². The lowest BCUT2D eigenvalue weighted by Crippen LogP contribution is -2.01. The van der Waals surface area contributed by atoms with Crippen molar-refractivity contribution in [2.45, 2.75) is 13.0 Å². The molecule has 0 aliphatic heterocycles. The highest BCUT2D eigenvalue weighted by Crippen LogP contribution is 2.35. The summed E-state index contributed by atoms with van der Waals surface area (Å²) in [6.45, 7) is 1.94. The van der Waals surface area contributed by atoms with Crippen molar-refractivity contribution < 1.29 is 0 Å². The first-order chi connectivity index (χ1) is 12.6. The van der Waals surface area contributed by atoms with E-state index < -0.39 is 6.04 Å². The van der Waals surface area contributed by atoms with Gasteiger partial charge in [-0.3, -0.25) is 0 Å². The maximum absolute atomic E-state index is 11.5. The molecule has 3 aromatic carbocycles. The van der Waals surface area contributed by atoms with Gasteiger partial charge in [0, 0.05) is 16.3 Å². The fourth-order valence-electron chi connectivity index (χ4n) is 2.85. The second-order valence-corrected chi connectivity index (χ2v) is 6.29. The summed E-state index contributed by atoms with van der Waals surface area (Å²) in [4.78, 5) is 11.5. The number of aryl methyl sites for hydroxylation is 1. The van der Waals surface area contributed by atoms with Crippen LogP contribution in [0.1, 0.15) is 28.3 Å². The zero-order chi connectivity index (χ0) is 18.5. The molecule has 1 atom stereocenters. The molecule has 3 aromatic rings. The van der Waals surface area contributed by atoms with Gasteiger partial charge in [-0.25, -0.2) is 0 Å². The van der Waals surface area contributed by atoms with Crippen LogP contribution in [0.4, 0.5) is 11.4 Å². The fraction of sp³-hybridized carbons (Fsp3) is 0.0952. The lowest BCUT2D eigenvalue weighted by molar-refractivity contribution is 0.854. The van der Waals surface area contributed by atoms with E-state index in [1.807, 2.05) is 55.5 Å². The number of benzene rings is 3. The largest absolute Gasteiger partial charge is 0.354 e. The summed E-state index contributed by atoms with van der Waals surface area (Å²) in [5.74, 6) is 0. The molecule has 0 spiro atoms. The van der Waals surface area contributed by atoms with E-state index in [1.165, 1.54) is 0 Å². The van der Waals surface area contributed by atoms with E-state index in [0.717, 1.165) is 16.8 Å². The number of para-hydroxylation sites is 1. The molecule has 26 heavy (non-hydrogen) atoms. The molecule has 0 aromatic heterocycles. The van der Waals surface area contributed by atoms with Gasteiger partial charge in [0.2, 0.25) is 0 Å². The van der Waals surface area contributed by atoms with Crippen molar-refractivity contribution in [2.75, 3.05) is 5.32 Å². The van der Waals surface area contributed by atoms with Gasteiger partial charge in [-0.15, -0.1) is 4.91 Å². The molecule has 0 aliphatic rings. The second-order valence-electron chi connectivity index (χ2n) is 5.88. The summed E-state index contributed by atoms with van der Waals surface area (Å²) in [5.41, 5.74) is 4.44.